The molecule has 23 heavy (non-hydrogen) atoms. The van der Waals surface area contributed by atoms with Crippen molar-refractivity contribution in [2.75, 3.05) is 26.8 Å². The average Bonchev–Trinajstić information content (AvgIpc) is 2.41. The Balaban J connectivity index is 3.33. The molecule has 0 bridgehead atoms. The Labute approximate surface area is 128 Å². The normalized spacial score (nSPS) is 13.1. The van der Waals surface area contributed by atoms with Crippen LogP contribution in [0.4, 0.5) is 26.3 Å². The minimum Gasteiger partial charge on any atom is -0.383 e. The standard InChI is InChI=1S/C12H13F6NO3S/c1-22-5-4-19(7-11(14)15)23(20,21)10-6-8(12(16,17)18)2-3-9(10)13/h2-3,6,11H,4-5,7H2,1H3. The van der Waals surface area contributed by atoms with E-state index in [4.69, 9.17) is 0 Å². The Bertz CT molecular complexity index is 632. The maximum atomic E-state index is 13.7. The molecule has 1 rings (SSSR count). The molecule has 1 aromatic rings. The van der Waals surface area contributed by atoms with Crippen LogP contribution in [0.5, 0.6) is 0 Å². The van der Waals surface area contributed by atoms with E-state index >= 15 is 0 Å². The summed E-state index contributed by atoms with van der Waals surface area (Å²) in [5.41, 5.74) is -1.40. The maximum absolute atomic E-state index is 13.7. The number of hydrogen-bond acceptors (Lipinski definition) is 3. The van der Waals surface area contributed by atoms with Gasteiger partial charge in [-0.2, -0.15) is 17.5 Å². The zero-order chi connectivity index (χ0) is 17.8. The summed E-state index contributed by atoms with van der Waals surface area (Å²) >= 11 is 0. The second-order valence-electron chi connectivity index (χ2n) is 4.39. The molecule has 11 heteroatoms. The van der Waals surface area contributed by atoms with Gasteiger partial charge in [0.05, 0.1) is 18.7 Å². The predicted octanol–water partition coefficient (Wildman–Crippen LogP) is 2.75. The first-order chi connectivity index (χ1) is 10.5. The number of hydrogen-bond donors (Lipinski definition) is 0. The smallest absolute Gasteiger partial charge is 0.383 e. The van der Waals surface area contributed by atoms with Gasteiger partial charge in [0.25, 0.3) is 6.43 Å². The Morgan fingerprint density at radius 1 is 1.26 bits per heavy atom. The number of nitrogens with zero attached hydrogens (tertiary/aromatic N) is 1. The maximum Gasteiger partial charge on any atom is 0.416 e. The molecule has 132 valence electrons. The van der Waals surface area contributed by atoms with Crippen molar-refractivity contribution >= 4 is 10.0 Å². The Morgan fingerprint density at radius 2 is 1.87 bits per heavy atom. The van der Waals surface area contributed by atoms with Crippen LogP contribution in [0.3, 0.4) is 0 Å². The molecule has 1 aromatic carbocycles. The lowest BCUT2D eigenvalue weighted by atomic mass is 10.2. The Hall–Kier alpha value is -1.33. The lowest BCUT2D eigenvalue weighted by Gasteiger charge is -2.22. The van der Waals surface area contributed by atoms with E-state index in [1.807, 2.05) is 0 Å². The highest BCUT2D eigenvalue weighted by Gasteiger charge is 2.35. The molecule has 0 aliphatic rings. The Kier molecular flexibility index (Phi) is 6.42. The molecule has 0 fully saturated rings. The van der Waals surface area contributed by atoms with Gasteiger partial charge in [-0.3, -0.25) is 0 Å². The molecule has 0 saturated heterocycles. The third kappa shape index (κ3) is 5.08. The molecule has 4 nitrogen and oxygen atoms in total. The number of rotatable bonds is 7. The monoisotopic (exact) mass is 365 g/mol. The first kappa shape index (κ1) is 19.7. The number of halogens is 6. The average molecular weight is 365 g/mol. The molecular formula is C12H13F6NO3S. The second kappa shape index (κ2) is 7.49. The number of benzene rings is 1. The zero-order valence-electron chi connectivity index (χ0n) is 11.8. The first-order valence-electron chi connectivity index (χ1n) is 6.14. The molecule has 0 radical (unpaired) electrons. The highest BCUT2D eigenvalue weighted by atomic mass is 32.2. The number of sulfonamides is 1. The summed E-state index contributed by atoms with van der Waals surface area (Å²) in [6, 6.07) is 0.767. The van der Waals surface area contributed by atoms with Crippen molar-refractivity contribution < 1.29 is 39.5 Å². The van der Waals surface area contributed by atoms with Gasteiger partial charge in [0.2, 0.25) is 10.0 Å². The molecule has 0 N–H and O–H groups in total. The van der Waals surface area contributed by atoms with E-state index in [2.05, 4.69) is 4.74 Å². The summed E-state index contributed by atoms with van der Waals surface area (Å²) < 4.78 is 106. The van der Waals surface area contributed by atoms with Crippen LogP contribution < -0.4 is 0 Å². The van der Waals surface area contributed by atoms with E-state index in [1.165, 1.54) is 7.11 Å². The molecule has 0 aromatic heterocycles. The van der Waals surface area contributed by atoms with Gasteiger partial charge in [0.15, 0.2) is 0 Å². The second-order valence-corrected chi connectivity index (χ2v) is 6.30. The van der Waals surface area contributed by atoms with Crippen molar-refractivity contribution in [3.8, 4) is 0 Å². The van der Waals surface area contributed by atoms with E-state index in [0.29, 0.717) is 12.1 Å². The van der Waals surface area contributed by atoms with Crippen molar-refractivity contribution in [3.63, 3.8) is 0 Å². The number of ether oxygens (including phenoxy) is 1. The van der Waals surface area contributed by atoms with Gasteiger partial charge in [-0.15, -0.1) is 0 Å². The summed E-state index contributed by atoms with van der Waals surface area (Å²) in [6.45, 7) is -2.13. The van der Waals surface area contributed by atoms with Crippen LogP contribution in [0.1, 0.15) is 5.56 Å². The minimum atomic E-state index is -4.90. The fourth-order valence-corrected chi connectivity index (χ4v) is 3.17. The fraction of sp³-hybridized carbons (Fsp3) is 0.500. The molecule has 0 spiro atoms. The molecule has 0 heterocycles. The van der Waals surface area contributed by atoms with E-state index in [-0.39, 0.29) is 17.0 Å². The van der Waals surface area contributed by atoms with Crippen LogP contribution in [-0.2, 0) is 20.9 Å². The summed E-state index contributed by atoms with van der Waals surface area (Å²) in [7, 11) is -3.70. The van der Waals surface area contributed by atoms with Crippen molar-refractivity contribution in [2.45, 2.75) is 17.5 Å². The number of methoxy groups -OCH3 is 1. The summed E-state index contributed by atoms with van der Waals surface area (Å²) in [6.07, 6.45) is -7.99. The highest BCUT2D eigenvalue weighted by molar-refractivity contribution is 7.89. The molecule has 0 atom stereocenters. The molecule has 0 aliphatic heterocycles. The quantitative estimate of drug-likeness (QED) is 0.698. The SMILES string of the molecule is COCCN(CC(F)F)S(=O)(=O)c1cc(C(F)(F)F)ccc1F. The van der Waals surface area contributed by atoms with Crippen molar-refractivity contribution in [1.82, 2.24) is 4.31 Å². The molecular weight excluding hydrogens is 352 g/mol. The largest absolute Gasteiger partial charge is 0.416 e. The minimum absolute atomic E-state index is 0.0793. The third-order valence-corrected chi connectivity index (χ3v) is 4.64. The van der Waals surface area contributed by atoms with Gasteiger partial charge in [-0.1, -0.05) is 0 Å². The summed E-state index contributed by atoms with van der Waals surface area (Å²) in [5, 5.41) is 0. The highest BCUT2D eigenvalue weighted by Crippen LogP contribution is 2.32. The summed E-state index contributed by atoms with van der Waals surface area (Å²) in [5.74, 6) is -1.46. The van der Waals surface area contributed by atoms with Gasteiger partial charge < -0.3 is 4.74 Å². The van der Waals surface area contributed by atoms with Crippen LogP contribution in [0, 0.1) is 5.82 Å². The molecule has 0 unspecified atom stereocenters. The van der Waals surface area contributed by atoms with E-state index in [0.717, 1.165) is 0 Å². The van der Waals surface area contributed by atoms with Gasteiger partial charge in [0.1, 0.15) is 10.7 Å². The van der Waals surface area contributed by atoms with Gasteiger partial charge >= 0.3 is 6.18 Å². The van der Waals surface area contributed by atoms with E-state index in [1.54, 1.807) is 0 Å². The predicted molar refractivity (Wildman–Crippen MR) is 68.0 cm³/mol. The van der Waals surface area contributed by atoms with Crippen LogP contribution >= 0.6 is 0 Å². The van der Waals surface area contributed by atoms with Crippen molar-refractivity contribution in [2.24, 2.45) is 0 Å². The van der Waals surface area contributed by atoms with Crippen molar-refractivity contribution in [1.29, 1.82) is 0 Å². The summed E-state index contributed by atoms with van der Waals surface area (Å²) in [4.78, 5) is -1.32. The van der Waals surface area contributed by atoms with Crippen molar-refractivity contribution in [3.05, 3.63) is 29.6 Å². The van der Waals surface area contributed by atoms with Crippen LogP contribution in [0.25, 0.3) is 0 Å². The molecule has 0 aliphatic carbocycles. The first-order valence-corrected chi connectivity index (χ1v) is 7.58. The van der Waals surface area contributed by atoms with E-state index in [9.17, 15) is 34.8 Å². The van der Waals surface area contributed by atoms with Gasteiger partial charge in [0, 0.05) is 13.7 Å². The lowest BCUT2D eigenvalue weighted by molar-refractivity contribution is -0.137. The van der Waals surface area contributed by atoms with Gasteiger partial charge in [-0.25, -0.2) is 21.6 Å². The molecule has 0 saturated carbocycles. The Morgan fingerprint density at radius 3 is 2.35 bits per heavy atom. The molecule has 0 amide bonds. The topological polar surface area (TPSA) is 46.6 Å². The fourth-order valence-electron chi connectivity index (χ4n) is 1.67. The van der Waals surface area contributed by atoms with Crippen LogP contribution in [0.15, 0.2) is 23.1 Å². The lowest BCUT2D eigenvalue weighted by Crippen LogP contribution is -2.38. The van der Waals surface area contributed by atoms with Crippen LogP contribution in [0.2, 0.25) is 0 Å². The van der Waals surface area contributed by atoms with Gasteiger partial charge in [-0.05, 0) is 18.2 Å². The van der Waals surface area contributed by atoms with E-state index < -0.39 is 52.0 Å². The number of alkyl halides is 5. The third-order valence-electron chi connectivity index (χ3n) is 2.76. The zero-order valence-corrected chi connectivity index (χ0v) is 12.6. The van der Waals surface area contributed by atoms with Crippen LogP contribution in [-0.4, -0.2) is 46.0 Å².